The van der Waals surface area contributed by atoms with Gasteiger partial charge in [0.1, 0.15) is 5.82 Å². The normalized spacial score (nSPS) is 11.8. The van der Waals surface area contributed by atoms with Crippen LogP contribution in [0, 0.1) is 6.92 Å². The third-order valence-corrected chi connectivity index (χ3v) is 2.53. The Balaban J connectivity index is 3.08. The van der Waals surface area contributed by atoms with Gasteiger partial charge in [0, 0.05) is 23.3 Å². The molecule has 0 aliphatic heterocycles. The standard InChI is InChI=1S/C12H21N3/c1-5-6-10-7-9(2)14-11(15-10)12(3,4)8-13/h7H,5-6,8,13H2,1-4H3. The summed E-state index contributed by atoms with van der Waals surface area (Å²) in [5.41, 5.74) is 7.76. The second-order valence-corrected chi connectivity index (χ2v) is 4.66. The first-order chi connectivity index (χ1) is 6.99. The molecule has 0 spiro atoms. The van der Waals surface area contributed by atoms with Crippen LogP contribution < -0.4 is 5.73 Å². The molecule has 3 nitrogen and oxygen atoms in total. The van der Waals surface area contributed by atoms with Crippen LogP contribution in [-0.2, 0) is 11.8 Å². The Morgan fingerprint density at radius 3 is 2.53 bits per heavy atom. The number of hydrogen-bond donors (Lipinski definition) is 1. The van der Waals surface area contributed by atoms with Crippen LogP contribution in [-0.4, -0.2) is 16.5 Å². The number of rotatable bonds is 4. The Morgan fingerprint density at radius 2 is 2.00 bits per heavy atom. The first-order valence-corrected chi connectivity index (χ1v) is 5.54. The van der Waals surface area contributed by atoms with Gasteiger partial charge in [-0.1, -0.05) is 27.2 Å². The Labute approximate surface area is 92.1 Å². The molecule has 0 saturated heterocycles. The number of aryl methyl sites for hydroxylation is 2. The van der Waals surface area contributed by atoms with Crippen LogP contribution in [0.15, 0.2) is 6.07 Å². The molecule has 0 aromatic carbocycles. The van der Waals surface area contributed by atoms with Crippen molar-refractivity contribution in [1.82, 2.24) is 9.97 Å². The predicted octanol–water partition coefficient (Wildman–Crippen LogP) is 1.97. The topological polar surface area (TPSA) is 51.8 Å². The molecule has 1 rings (SSSR count). The zero-order chi connectivity index (χ0) is 11.5. The van der Waals surface area contributed by atoms with Crippen molar-refractivity contribution < 1.29 is 0 Å². The highest BCUT2D eigenvalue weighted by molar-refractivity contribution is 5.15. The van der Waals surface area contributed by atoms with Crippen molar-refractivity contribution in [3.8, 4) is 0 Å². The van der Waals surface area contributed by atoms with E-state index in [0.29, 0.717) is 6.54 Å². The fourth-order valence-corrected chi connectivity index (χ4v) is 1.41. The minimum Gasteiger partial charge on any atom is -0.329 e. The van der Waals surface area contributed by atoms with Crippen LogP contribution >= 0.6 is 0 Å². The molecule has 84 valence electrons. The van der Waals surface area contributed by atoms with E-state index in [1.54, 1.807) is 0 Å². The second kappa shape index (κ2) is 4.71. The van der Waals surface area contributed by atoms with Gasteiger partial charge in [-0.3, -0.25) is 0 Å². The lowest BCUT2D eigenvalue weighted by Gasteiger charge is -2.21. The van der Waals surface area contributed by atoms with Gasteiger partial charge in [0.25, 0.3) is 0 Å². The van der Waals surface area contributed by atoms with Crippen molar-refractivity contribution in [1.29, 1.82) is 0 Å². The molecule has 0 aliphatic carbocycles. The van der Waals surface area contributed by atoms with Gasteiger partial charge in [0.2, 0.25) is 0 Å². The lowest BCUT2D eigenvalue weighted by atomic mass is 9.92. The molecule has 0 saturated carbocycles. The number of hydrogen-bond acceptors (Lipinski definition) is 3. The second-order valence-electron chi connectivity index (χ2n) is 4.66. The highest BCUT2D eigenvalue weighted by Crippen LogP contribution is 2.18. The summed E-state index contributed by atoms with van der Waals surface area (Å²) in [6, 6.07) is 2.06. The molecule has 15 heavy (non-hydrogen) atoms. The van der Waals surface area contributed by atoms with Crippen LogP contribution in [0.2, 0.25) is 0 Å². The Kier molecular flexibility index (Phi) is 3.80. The van der Waals surface area contributed by atoms with Crippen molar-refractivity contribution in [3.05, 3.63) is 23.3 Å². The molecule has 1 heterocycles. The maximum absolute atomic E-state index is 5.73. The minimum atomic E-state index is -0.130. The van der Waals surface area contributed by atoms with Gasteiger partial charge in [-0.25, -0.2) is 9.97 Å². The van der Waals surface area contributed by atoms with Crippen LogP contribution in [0.3, 0.4) is 0 Å². The largest absolute Gasteiger partial charge is 0.329 e. The summed E-state index contributed by atoms with van der Waals surface area (Å²) in [6.07, 6.45) is 2.12. The maximum Gasteiger partial charge on any atom is 0.135 e. The summed E-state index contributed by atoms with van der Waals surface area (Å²) < 4.78 is 0. The van der Waals surface area contributed by atoms with Gasteiger partial charge >= 0.3 is 0 Å². The minimum absolute atomic E-state index is 0.130. The van der Waals surface area contributed by atoms with Gasteiger partial charge < -0.3 is 5.73 Å². The van der Waals surface area contributed by atoms with Crippen molar-refractivity contribution >= 4 is 0 Å². The van der Waals surface area contributed by atoms with Crippen LogP contribution in [0.5, 0.6) is 0 Å². The SMILES string of the molecule is CCCc1cc(C)nc(C(C)(C)CN)n1. The number of nitrogens with two attached hydrogens (primary N) is 1. The van der Waals surface area contributed by atoms with E-state index in [-0.39, 0.29) is 5.41 Å². The summed E-state index contributed by atoms with van der Waals surface area (Å²) in [4.78, 5) is 9.04. The molecular formula is C12H21N3. The average Bonchev–Trinajstić information content (AvgIpc) is 2.17. The fourth-order valence-electron chi connectivity index (χ4n) is 1.41. The van der Waals surface area contributed by atoms with Gasteiger partial charge in [-0.15, -0.1) is 0 Å². The van der Waals surface area contributed by atoms with Crippen molar-refractivity contribution in [2.24, 2.45) is 5.73 Å². The van der Waals surface area contributed by atoms with E-state index < -0.39 is 0 Å². The molecule has 0 radical (unpaired) electrons. The first kappa shape index (κ1) is 12.1. The van der Waals surface area contributed by atoms with Crippen LogP contribution in [0.25, 0.3) is 0 Å². The molecule has 0 unspecified atom stereocenters. The zero-order valence-corrected chi connectivity index (χ0v) is 10.2. The average molecular weight is 207 g/mol. The van der Waals surface area contributed by atoms with E-state index >= 15 is 0 Å². The van der Waals surface area contributed by atoms with E-state index in [9.17, 15) is 0 Å². The summed E-state index contributed by atoms with van der Waals surface area (Å²) in [5, 5.41) is 0. The van der Waals surface area contributed by atoms with E-state index in [0.717, 1.165) is 30.1 Å². The van der Waals surface area contributed by atoms with Crippen LogP contribution in [0.1, 0.15) is 44.4 Å². The maximum atomic E-state index is 5.73. The fraction of sp³-hybridized carbons (Fsp3) is 0.667. The quantitative estimate of drug-likeness (QED) is 0.821. The van der Waals surface area contributed by atoms with E-state index in [4.69, 9.17) is 5.73 Å². The number of nitrogens with zero attached hydrogens (tertiary/aromatic N) is 2. The summed E-state index contributed by atoms with van der Waals surface area (Å²) in [5.74, 6) is 0.869. The molecule has 0 bridgehead atoms. The molecule has 1 aromatic rings. The molecule has 0 amide bonds. The monoisotopic (exact) mass is 207 g/mol. The van der Waals surface area contributed by atoms with E-state index in [2.05, 4.69) is 36.8 Å². The molecule has 0 fully saturated rings. The Hall–Kier alpha value is -0.960. The van der Waals surface area contributed by atoms with Gasteiger partial charge in [-0.05, 0) is 19.4 Å². The molecule has 2 N–H and O–H groups in total. The summed E-state index contributed by atoms with van der Waals surface area (Å²) >= 11 is 0. The third kappa shape index (κ3) is 2.99. The zero-order valence-electron chi connectivity index (χ0n) is 10.2. The van der Waals surface area contributed by atoms with Crippen molar-refractivity contribution in [3.63, 3.8) is 0 Å². The van der Waals surface area contributed by atoms with Gasteiger partial charge in [-0.2, -0.15) is 0 Å². The molecule has 1 aromatic heterocycles. The number of aromatic nitrogens is 2. The third-order valence-electron chi connectivity index (χ3n) is 2.53. The smallest absolute Gasteiger partial charge is 0.135 e. The Bertz CT molecular complexity index is 332. The molecule has 0 aliphatic rings. The van der Waals surface area contributed by atoms with Gasteiger partial charge in [0.15, 0.2) is 0 Å². The van der Waals surface area contributed by atoms with Crippen LogP contribution in [0.4, 0.5) is 0 Å². The molecule has 0 atom stereocenters. The lowest BCUT2D eigenvalue weighted by Crippen LogP contribution is -2.31. The summed E-state index contributed by atoms with van der Waals surface area (Å²) in [7, 11) is 0. The van der Waals surface area contributed by atoms with Gasteiger partial charge in [0.05, 0.1) is 0 Å². The highest BCUT2D eigenvalue weighted by Gasteiger charge is 2.22. The predicted molar refractivity (Wildman–Crippen MR) is 62.8 cm³/mol. The van der Waals surface area contributed by atoms with Crippen molar-refractivity contribution in [2.45, 2.75) is 46.0 Å². The first-order valence-electron chi connectivity index (χ1n) is 5.54. The van der Waals surface area contributed by atoms with Crippen molar-refractivity contribution in [2.75, 3.05) is 6.54 Å². The van der Waals surface area contributed by atoms with E-state index in [1.807, 2.05) is 6.92 Å². The molecule has 3 heteroatoms. The Morgan fingerprint density at radius 1 is 1.33 bits per heavy atom. The van der Waals surface area contributed by atoms with E-state index in [1.165, 1.54) is 0 Å². The summed E-state index contributed by atoms with van der Waals surface area (Å²) in [6.45, 7) is 8.90. The lowest BCUT2D eigenvalue weighted by molar-refractivity contribution is 0.497. The molecular weight excluding hydrogens is 186 g/mol. The highest BCUT2D eigenvalue weighted by atomic mass is 14.9.